The van der Waals surface area contributed by atoms with Crippen LogP contribution in [-0.4, -0.2) is 78.7 Å². The van der Waals surface area contributed by atoms with Crippen LogP contribution < -0.4 is 14.5 Å². The van der Waals surface area contributed by atoms with E-state index < -0.39 is 0 Å². The first-order valence-electron chi connectivity index (χ1n) is 14.5. The number of nitriles is 1. The van der Waals surface area contributed by atoms with Gasteiger partial charge in [0.2, 0.25) is 0 Å². The van der Waals surface area contributed by atoms with E-state index in [2.05, 4.69) is 52.2 Å². The van der Waals surface area contributed by atoms with Crippen molar-refractivity contribution >= 4 is 33.9 Å². The molecule has 6 rings (SSSR count). The lowest BCUT2D eigenvalue weighted by atomic mass is 10.0. The maximum atomic E-state index is 9.43. The number of halogens is 1. The van der Waals surface area contributed by atoms with Gasteiger partial charge in [0.05, 0.1) is 17.3 Å². The van der Waals surface area contributed by atoms with Gasteiger partial charge in [-0.25, -0.2) is 0 Å². The molecule has 3 aliphatic heterocycles. The number of hydrogen-bond donors (Lipinski definition) is 0. The van der Waals surface area contributed by atoms with Crippen LogP contribution in [-0.2, 0) is 13.0 Å². The minimum atomic E-state index is 0.271. The Bertz CT molecular complexity index is 1400. The molecule has 210 valence electrons. The molecule has 4 heterocycles. The fourth-order valence-electron chi connectivity index (χ4n) is 6.58. The van der Waals surface area contributed by atoms with Crippen molar-refractivity contribution in [3.63, 3.8) is 0 Å². The van der Waals surface area contributed by atoms with E-state index in [1.54, 1.807) is 4.90 Å². The summed E-state index contributed by atoms with van der Waals surface area (Å²) in [6, 6.07) is 13.6. The second kappa shape index (κ2) is 11.7. The highest BCUT2D eigenvalue weighted by molar-refractivity contribution is 6.36. The van der Waals surface area contributed by atoms with E-state index in [1.165, 1.54) is 12.0 Å². The third kappa shape index (κ3) is 5.37. The van der Waals surface area contributed by atoms with Crippen molar-refractivity contribution in [2.75, 3.05) is 56.7 Å². The zero-order valence-electron chi connectivity index (χ0n) is 23.5. The van der Waals surface area contributed by atoms with Gasteiger partial charge >= 0.3 is 6.01 Å². The highest BCUT2D eigenvalue weighted by Crippen LogP contribution is 2.37. The molecule has 1 aromatic heterocycles. The van der Waals surface area contributed by atoms with Gasteiger partial charge in [-0.15, -0.1) is 0 Å². The zero-order valence-corrected chi connectivity index (χ0v) is 24.3. The van der Waals surface area contributed by atoms with Crippen LogP contribution in [0.4, 0.5) is 11.5 Å². The van der Waals surface area contributed by atoms with Gasteiger partial charge < -0.3 is 24.3 Å². The summed E-state index contributed by atoms with van der Waals surface area (Å²) < 4.78 is 6.31. The first-order valence-corrected chi connectivity index (χ1v) is 14.9. The lowest BCUT2D eigenvalue weighted by Gasteiger charge is -2.34. The fourth-order valence-corrected chi connectivity index (χ4v) is 6.86. The highest BCUT2D eigenvalue weighted by atomic mass is 35.5. The second-order valence-electron chi connectivity index (χ2n) is 11.4. The summed E-state index contributed by atoms with van der Waals surface area (Å²) in [6.45, 7) is 5.06. The van der Waals surface area contributed by atoms with Crippen molar-refractivity contribution in [1.82, 2.24) is 19.8 Å². The predicted molar refractivity (Wildman–Crippen MR) is 160 cm³/mol. The molecule has 0 N–H and O–H groups in total. The van der Waals surface area contributed by atoms with E-state index in [4.69, 9.17) is 26.3 Å². The summed E-state index contributed by atoms with van der Waals surface area (Å²) in [5.74, 6) is 1.01. The molecule has 0 radical (unpaired) electrons. The van der Waals surface area contributed by atoms with Crippen LogP contribution >= 0.6 is 11.6 Å². The summed E-state index contributed by atoms with van der Waals surface area (Å²) in [5, 5.41) is 12.4. The topological polar surface area (TPSA) is 71.8 Å². The van der Waals surface area contributed by atoms with Crippen LogP contribution in [0.3, 0.4) is 0 Å². The molecule has 0 bridgehead atoms. The molecule has 3 aliphatic rings. The molecular weight excluding hydrogens is 522 g/mol. The van der Waals surface area contributed by atoms with E-state index >= 15 is 0 Å². The van der Waals surface area contributed by atoms with Gasteiger partial charge in [0.25, 0.3) is 0 Å². The Hall–Kier alpha value is -3.28. The molecule has 0 spiro atoms. The van der Waals surface area contributed by atoms with Crippen molar-refractivity contribution in [1.29, 1.82) is 5.26 Å². The Morgan fingerprint density at radius 1 is 1.02 bits per heavy atom. The molecule has 0 amide bonds. The third-order valence-corrected chi connectivity index (χ3v) is 9.29. The molecule has 0 aliphatic carbocycles. The molecule has 0 saturated carbocycles. The number of rotatable bonds is 6. The average Bonchev–Trinajstić information content (AvgIpc) is 3.23. The van der Waals surface area contributed by atoms with E-state index in [0.717, 1.165) is 91.3 Å². The van der Waals surface area contributed by atoms with Crippen molar-refractivity contribution in [2.24, 2.45) is 0 Å². The van der Waals surface area contributed by atoms with E-state index in [0.29, 0.717) is 25.2 Å². The Labute approximate surface area is 242 Å². The number of benzene rings is 2. The number of fused-ring (bicyclic) bond motifs is 2. The fraction of sp³-hybridized carbons (Fsp3) is 0.516. The van der Waals surface area contributed by atoms with Crippen LogP contribution in [0, 0.1) is 11.5 Å². The molecule has 2 atom stereocenters. The molecule has 40 heavy (non-hydrogen) atoms. The minimum Gasteiger partial charge on any atom is -0.462 e. The van der Waals surface area contributed by atoms with Gasteiger partial charge in [-0.1, -0.05) is 35.9 Å². The number of ether oxygens (including phenoxy) is 1. The van der Waals surface area contributed by atoms with Crippen molar-refractivity contribution < 1.29 is 4.74 Å². The van der Waals surface area contributed by atoms with Gasteiger partial charge in [-0.2, -0.15) is 15.2 Å². The van der Waals surface area contributed by atoms with Crippen LogP contribution in [0.15, 0.2) is 36.4 Å². The maximum absolute atomic E-state index is 9.43. The monoisotopic (exact) mass is 559 g/mol. The first-order chi connectivity index (χ1) is 19.5. The van der Waals surface area contributed by atoms with Gasteiger partial charge in [0.1, 0.15) is 12.4 Å². The summed E-state index contributed by atoms with van der Waals surface area (Å²) in [6.07, 6.45) is 8.49. The number of hydrogen-bond acceptors (Lipinski definition) is 8. The van der Waals surface area contributed by atoms with Crippen LogP contribution in [0.5, 0.6) is 6.01 Å². The Balaban J connectivity index is 1.32. The smallest absolute Gasteiger partial charge is 0.318 e. The summed E-state index contributed by atoms with van der Waals surface area (Å²) in [4.78, 5) is 19.0. The Morgan fingerprint density at radius 2 is 1.85 bits per heavy atom. The number of aromatic nitrogens is 2. The summed E-state index contributed by atoms with van der Waals surface area (Å²) in [5.41, 5.74) is 3.39. The van der Waals surface area contributed by atoms with Crippen molar-refractivity contribution in [3.8, 4) is 12.2 Å². The molecular formula is C31H38ClN7O. The average molecular weight is 560 g/mol. The molecule has 1 unspecified atom stereocenters. The minimum absolute atomic E-state index is 0.271. The predicted octanol–water partition coefficient (Wildman–Crippen LogP) is 5.09. The highest BCUT2D eigenvalue weighted by Gasteiger charge is 2.29. The van der Waals surface area contributed by atoms with Gasteiger partial charge in [0, 0.05) is 55.4 Å². The quantitative estimate of drug-likeness (QED) is 0.305. The second-order valence-corrected chi connectivity index (χ2v) is 11.8. The third-order valence-electron chi connectivity index (χ3n) is 8.97. The summed E-state index contributed by atoms with van der Waals surface area (Å²) >= 11 is 6.70. The maximum Gasteiger partial charge on any atom is 0.318 e. The standard InChI is InChI=1S/C31H38ClN7O/c1-36-15-5-10-24(36)20-40-31-34-27-19-39(28-12-4-8-22-7-3-11-26(32)29(22)28)18-14-25(27)30(35-31)38-16-6-9-23(13-17-38)37(2)21-33/h3-4,7-8,11-12,23-24H,5-6,9-10,13-20H2,1-2H3/t23?,24-/m0/s1. The number of likely N-dealkylation sites (tertiary alicyclic amines) is 1. The van der Waals surface area contributed by atoms with Crippen LogP contribution in [0.1, 0.15) is 43.4 Å². The first kappa shape index (κ1) is 26.9. The number of nitrogens with zero attached hydrogens (tertiary/aromatic N) is 7. The van der Waals surface area contributed by atoms with Gasteiger partial charge in [0.15, 0.2) is 6.19 Å². The van der Waals surface area contributed by atoms with Crippen molar-refractivity contribution in [2.45, 2.75) is 57.2 Å². The van der Waals surface area contributed by atoms with E-state index in [-0.39, 0.29) is 6.04 Å². The molecule has 2 saturated heterocycles. The van der Waals surface area contributed by atoms with E-state index in [9.17, 15) is 5.26 Å². The number of likely N-dealkylation sites (N-methyl/N-ethyl adjacent to an activating group) is 1. The largest absolute Gasteiger partial charge is 0.462 e. The van der Waals surface area contributed by atoms with Crippen LogP contribution in [0.2, 0.25) is 5.02 Å². The van der Waals surface area contributed by atoms with Gasteiger partial charge in [-0.05, 0) is 69.6 Å². The summed E-state index contributed by atoms with van der Waals surface area (Å²) in [7, 11) is 4.06. The van der Waals surface area contributed by atoms with Gasteiger partial charge in [-0.3, -0.25) is 0 Å². The van der Waals surface area contributed by atoms with Crippen molar-refractivity contribution in [3.05, 3.63) is 52.7 Å². The normalized spacial score (nSPS) is 21.6. The molecule has 3 aromatic rings. The van der Waals surface area contributed by atoms with Crippen LogP contribution in [0.25, 0.3) is 10.8 Å². The molecule has 2 aromatic carbocycles. The lowest BCUT2D eigenvalue weighted by Crippen LogP contribution is -2.36. The molecule has 8 nitrogen and oxygen atoms in total. The zero-order chi connectivity index (χ0) is 27.6. The Kier molecular flexibility index (Phi) is 7.86. The number of anilines is 2. The SMILES string of the molecule is CN(C#N)C1CCCN(c2nc(OC[C@@H]3CCCN3C)nc3c2CCN(c2cccc4cccc(Cl)c24)C3)CC1. The lowest BCUT2D eigenvalue weighted by molar-refractivity contribution is 0.187. The van der Waals surface area contributed by atoms with E-state index in [1.807, 2.05) is 19.2 Å². The Morgan fingerprint density at radius 3 is 2.65 bits per heavy atom. The molecule has 2 fully saturated rings. The molecule has 9 heteroatoms.